The van der Waals surface area contributed by atoms with Crippen LogP contribution in [-0.4, -0.2) is 31.1 Å². The lowest BCUT2D eigenvalue weighted by molar-refractivity contribution is -0.149. The average Bonchev–Trinajstić information content (AvgIpc) is 2.30. The van der Waals surface area contributed by atoms with E-state index in [2.05, 4.69) is 5.32 Å². The highest BCUT2D eigenvalue weighted by Gasteiger charge is 2.27. The number of carbonyl (C=O) groups is 2. The molecule has 0 atom stereocenters. The molecule has 0 saturated heterocycles. The molecule has 98 valence electrons. The van der Waals surface area contributed by atoms with Gasteiger partial charge in [0.1, 0.15) is 0 Å². The van der Waals surface area contributed by atoms with Crippen molar-refractivity contribution in [3.8, 4) is 0 Å². The molecule has 0 unspecified atom stereocenters. The van der Waals surface area contributed by atoms with Crippen LogP contribution in [0.5, 0.6) is 0 Å². The van der Waals surface area contributed by atoms with Crippen molar-refractivity contribution >= 4 is 11.9 Å². The van der Waals surface area contributed by atoms with Crippen molar-refractivity contribution in [3.05, 3.63) is 0 Å². The Labute approximate surface area is 102 Å². The highest BCUT2D eigenvalue weighted by atomic mass is 16.5. The zero-order valence-corrected chi connectivity index (χ0v) is 10.4. The summed E-state index contributed by atoms with van der Waals surface area (Å²) in [5, 5.41) is 2.94. The largest absolute Gasteiger partial charge is 0.466 e. The molecule has 1 saturated carbocycles. The van der Waals surface area contributed by atoms with Crippen LogP contribution in [0.3, 0.4) is 0 Å². The number of hydrogen-bond donors (Lipinski definition) is 2. The SMILES string of the molecule is CCOC(=O)C1CCC(NC(=O)CCN)CC1. The quantitative estimate of drug-likeness (QED) is 0.691. The zero-order chi connectivity index (χ0) is 12.7. The molecule has 0 aromatic carbocycles. The van der Waals surface area contributed by atoms with Gasteiger partial charge in [-0.2, -0.15) is 0 Å². The summed E-state index contributed by atoms with van der Waals surface area (Å²) < 4.78 is 4.99. The highest BCUT2D eigenvalue weighted by Crippen LogP contribution is 2.25. The number of hydrogen-bond acceptors (Lipinski definition) is 4. The lowest BCUT2D eigenvalue weighted by Gasteiger charge is -2.27. The topological polar surface area (TPSA) is 81.4 Å². The highest BCUT2D eigenvalue weighted by molar-refractivity contribution is 5.76. The van der Waals surface area contributed by atoms with E-state index in [1.54, 1.807) is 0 Å². The maximum Gasteiger partial charge on any atom is 0.308 e. The van der Waals surface area contributed by atoms with Gasteiger partial charge in [-0.25, -0.2) is 0 Å². The Hall–Kier alpha value is -1.10. The number of carbonyl (C=O) groups excluding carboxylic acids is 2. The Morgan fingerprint density at radius 1 is 1.29 bits per heavy atom. The van der Waals surface area contributed by atoms with Crippen LogP contribution in [0.25, 0.3) is 0 Å². The molecule has 0 heterocycles. The molecule has 17 heavy (non-hydrogen) atoms. The van der Waals surface area contributed by atoms with Gasteiger partial charge in [0.15, 0.2) is 0 Å². The minimum absolute atomic E-state index is 0.00656. The molecule has 5 heteroatoms. The van der Waals surface area contributed by atoms with E-state index in [1.165, 1.54) is 0 Å². The van der Waals surface area contributed by atoms with E-state index in [9.17, 15) is 9.59 Å². The molecule has 0 bridgehead atoms. The molecule has 1 amide bonds. The van der Waals surface area contributed by atoms with Crippen molar-refractivity contribution in [2.45, 2.75) is 45.1 Å². The molecule has 0 aromatic heterocycles. The summed E-state index contributed by atoms with van der Waals surface area (Å²) >= 11 is 0. The number of nitrogens with one attached hydrogen (secondary N) is 1. The summed E-state index contributed by atoms with van der Waals surface area (Å²) in [7, 11) is 0. The Morgan fingerprint density at radius 2 is 1.94 bits per heavy atom. The van der Waals surface area contributed by atoms with Gasteiger partial charge in [0.25, 0.3) is 0 Å². The zero-order valence-electron chi connectivity index (χ0n) is 10.4. The molecule has 1 aliphatic rings. The average molecular weight is 242 g/mol. The van der Waals surface area contributed by atoms with Crippen LogP contribution in [-0.2, 0) is 14.3 Å². The predicted molar refractivity (Wildman–Crippen MR) is 64.2 cm³/mol. The number of ether oxygens (including phenoxy) is 1. The van der Waals surface area contributed by atoms with Gasteiger partial charge in [-0.15, -0.1) is 0 Å². The van der Waals surface area contributed by atoms with E-state index in [0.29, 0.717) is 19.6 Å². The number of esters is 1. The summed E-state index contributed by atoms with van der Waals surface area (Å²) in [5.74, 6) is -0.0797. The fraction of sp³-hybridized carbons (Fsp3) is 0.833. The third kappa shape index (κ3) is 4.73. The summed E-state index contributed by atoms with van der Waals surface area (Å²) in [6, 6.07) is 0.194. The van der Waals surface area contributed by atoms with E-state index in [1.807, 2.05) is 6.92 Å². The van der Waals surface area contributed by atoms with Crippen molar-refractivity contribution < 1.29 is 14.3 Å². The molecule has 3 N–H and O–H groups in total. The van der Waals surface area contributed by atoms with E-state index in [0.717, 1.165) is 25.7 Å². The first-order valence-corrected chi connectivity index (χ1v) is 6.33. The van der Waals surface area contributed by atoms with E-state index < -0.39 is 0 Å². The molecule has 0 spiro atoms. The van der Waals surface area contributed by atoms with Crippen molar-refractivity contribution in [2.75, 3.05) is 13.2 Å². The van der Waals surface area contributed by atoms with Gasteiger partial charge in [-0.1, -0.05) is 0 Å². The van der Waals surface area contributed by atoms with E-state index >= 15 is 0 Å². The molecular weight excluding hydrogens is 220 g/mol. The van der Waals surface area contributed by atoms with Crippen LogP contribution in [0.4, 0.5) is 0 Å². The minimum Gasteiger partial charge on any atom is -0.466 e. The minimum atomic E-state index is -0.0979. The number of nitrogens with two attached hydrogens (primary N) is 1. The Morgan fingerprint density at radius 3 is 2.47 bits per heavy atom. The van der Waals surface area contributed by atoms with Crippen LogP contribution in [0.2, 0.25) is 0 Å². The predicted octanol–water partition coefficient (Wildman–Crippen LogP) is 0.573. The monoisotopic (exact) mass is 242 g/mol. The molecule has 1 rings (SSSR count). The van der Waals surface area contributed by atoms with E-state index in [-0.39, 0.29) is 23.8 Å². The second-order valence-electron chi connectivity index (χ2n) is 4.41. The Bertz CT molecular complexity index is 260. The summed E-state index contributed by atoms with van der Waals surface area (Å²) in [6.45, 7) is 2.63. The van der Waals surface area contributed by atoms with Gasteiger partial charge < -0.3 is 15.8 Å². The molecule has 1 aliphatic carbocycles. The third-order valence-electron chi connectivity index (χ3n) is 3.08. The van der Waals surface area contributed by atoms with Crippen molar-refractivity contribution in [3.63, 3.8) is 0 Å². The van der Waals surface area contributed by atoms with Gasteiger partial charge in [0, 0.05) is 19.0 Å². The Kier molecular flexibility index (Phi) is 5.97. The van der Waals surface area contributed by atoms with Gasteiger partial charge in [-0.3, -0.25) is 9.59 Å². The van der Waals surface area contributed by atoms with Crippen molar-refractivity contribution in [1.29, 1.82) is 0 Å². The van der Waals surface area contributed by atoms with E-state index in [4.69, 9.17) is 10.5 Å². The number of amides is 1. The van der Waals surface area contributed by atoms with Gasteiger partial charge in [0.2, 0.25) is 5.91 Å². The Balaban J connectivity index is 2.26. The first kappa shape index (κ1) is 14.0. The summed E-state index contributed by atoms with van der Waals surface area (Å²) in [5.41, 5.74) is 5.31. The maximum absolute atomic E-state index is 11.5. The maximum atomic E-state index is 11.5. The second-order valence-corrected chi connectivity index (χ2v) is 4.41. The first-order chi connectivity index (χ1) is 8.17. The molecular formula is C12H22N2O3. The van der Waals surface area contributed by atoms with Gasteiger partial charge in [-0.05, 0) is 32.6 Å². The van der Waals surface area contributed by atoms with Crippen LogP contribution < -0.4 is 11.1 Å². The van der Waals surface area contributed by atoms with Crippen LogP contribution in [0, 0.1) is 5.92 Å². The normalized spacial score (nSPS) is 24.1. The molecule has 0 radical (unpaired) electrons. The van der Waals surface area contributed by atoms with Crippen LogP contribution >= 0.6 is 0 Å². The molecule has 5 nitrogen and oxygen atoms in total. The van der Waals surface area contributed by atoms with Gasteiger partial charge in [0.05, 0.1) is 12.5 Å². The fourth-order valence-electron chi connectivity index (χ4n) is 2.16. The fourth-order valence-corrected chi connectivity index (χ4v) is 2.16. The van der Waals surface area contributed by atoms with Crippen molar-refractivity contribution in [1.82, 2.24) is 5.32 Å². The summed E-state index contributed by atoms with van der Waals surface area (Å²) in [4.78, 5) is 22.8. The second kappa shape index (κ2) is 7.27. The lowest BCUT2D eigenvalue weighted by atomic mass is 9.86. The molecule has 0 aromatic rings. The third-order valence-corrected chi connectivity index (χ3v) is 3.08. The first-order valence-electron chi connectivity index (χ1n) is 6.33. The molecule has 1 fully saturated rings. The summed E-state index contributed by atoms with van der Waals surface area (Å²) in [6.07, 6.45) is 3.66. The number of rotatable bonds is 5. The lowest BCUT2D eigenvalue weighted by Crippen LogP contribution is -2.39. The van der Waals surface area contributed by atoms with Crippen molar-refractivity contribution in [2.24, 2.45) is 11.7 Å². The smallest absolute Gasteiger partial charge is 0.308 e. The van der Waals surface area contributed by atoms with Gasteiger partial charge >= 0.3 is 5.97 Å². The molecule has 0 aliphatic heterocycles. The van der Waals surface area contributed by atoms with Crippen LogP contribution in [0.15, 0.2) is 0 Å². The van der Waals surface area contributed by atoms with Crippen LogP contribution in [0.1, 0.15) is 39.0 Å². The standard InChI is InChI=1S/C12H22N2O3/c1-2-17-12(16)9-3-5-10(6-4-9)14-11(15)7-8-13/h9-10H,2-8,13H2,1H3,(H,14,15).